The van der Waals surface area contributed by atoms with E-state index >= 15 is 0 Å². The van der Waals surface area contributed by atoms with Gasteiger partial charge in [0.05, 0.1) is 0 Å². The molecule has 1 fully saturated rings. The van der Waals surface area contributed by atoms with Crippen molar-refractivity contribution in [2.75, 3.05) is 20.1 Å². The summed E-state index contributed by atoms with van der Waals surface area (Å²) in [5.74, 6) is 0. The van der Waals surface area contributed by atoms with Crippen molar-refractivity contribution < 1.29 is 0 Å². The summed E-state index contributed by atoms with van der Waals surface area (Å²) in [4.78, 5) is 2.44. The van der Waals surface area contributed by atoms with Gasteiger partial charge >= 0.3 is 0 Å². The van der Waals surface area contributed by atoms with Crippen molar-refractivity contribution in [3.8, 4) is 0 Å². The van der Waals surface area contributed by atoms with Crippen LogP contribution in [0.4, 0.5) is 0 Å². The predicted molar refractivity (Wildman–Crippen MR) is 77.9 cm³/mol. The molecule has 1 saturated heterocycles. The first kappa shape index (κ1) is 13.6. The van der Waals surface area contributed by atoms with Gasteiger partial charge in [0.15, 0.2) is 0 Å². The molecule has 2 heteroatoms. The Kier molecular flexibility index (Phi) is 4.79. The van der Waals surface area contributed by atoms with E-state index in [4.69, 9.17) is 0 Å². The van der Waals surface area contributed by atoms with Gasteiger partial charge in [-0.3, -0.25) is 0 Å². The minimum Gasteiger partial charge on any atom is -0.314 e. The van der Waals surface area contributed by atoms with Crippen molar-refractivity contribution in [3.05, 3.63) is 34.9 Å². The van der Waals surface area contributed by atoms with Crippen LogP contribution in [0.15, 0.2) is 18.2 Å². The topological polar surface area (TPSA) is 15.3 Å². The molecule has 0 radical (unpaired) electrons. The zero-order valence-electron chi connectivity index (χ0n) is 12.0. The SMILES string of the molecule is Cc1ccc(CN(C)CCC2CCCN2)c(C)c1. The van der Waals surface area contributed by atoms with Crippen LogP contribution in [0.1, 0.15) is 36.0 Å². The Labute approximate surface area is 111 Å². The second-order valence-electron chi connectivity index (χ2n) is 5.75. The van der Waals surface area contributed by atoms with Crippen LogP contribution in [0.2, 0.25) is 0 Å². The van der Waals surface area contributed by atoms with Gasteiger partial charge in [0.1, 0.15) is 0 Å². The monoisotopic (exact) mass is 246 g/mol. The van der Waals surface area contributed by atoms with Gasteiger partial charge in [0.2, 0.25) is 0 Å². The molecule has 1 atom stereocenters. The highest BCUT2D eigenvalue weighted by Gasteiger charge is 2.14. The molecule has 0 spiro atoms. The van der Waals surface area contributed by atoms with E-state index in [1.807, 2.05) is 0 Å². The Hall–Kier alpha value is -0.860. The number of hydrogen-bond acceptors (Lipinski definition) is 2. The van der Waals surface area contributed by atoms with Crippen molar-refractivity contribution in [2.45, 2.75) is 45.7 Å². The van der Waals surface area contributed by atoms with Crippen LogP contribution in [0.25, 0.3) is 0 Å². The fraction of sp³-hybridized carbons (Fsp3) is 0.625. The minimum atomic E-state index is 0.756. The van der Waals surface area contributed by atoms with Crippen molar-refractivity contribution >= 4 is 0 Å². The Bertz CT molecular complexity index is 381. The number of nitrogens with one attached hydrogen (secondary N) is 1. The van der Waals surface area contributed by atoms with Crippen LogP contribution in [-0.4, -0.2) is 31.1 Å². The van der Waals surface area contributed by atoms with Gasteiger partial charge in [0, 0.05) is 12.6 Å². The van der Waals surface area contributed by atoms with Gasteiger partial charge in [-0.25, -0.2) is 0 Å². The molecule has 0 bridgehead atoms. The molecule has 1 aromatic carbocycles. The summed E-state index contributed by atoms with van der Waals surface area (Å²) in [7, 11) is 2.23. The van der Waals surface area contributed by atoms with Crippen molar-refractivity contribution in [3.63, 3.8) is 0 Å². The van der Waals surface area contributed by atoms with Crippen LogP contribution < -0.4 is 5.32 Å². The summed E-state index contributed by atoms with van der Waals surface area (Å²) in [5, 5.41) is 3.57. The van der Waals surface area contributed by atoms with Crippen molar-refractivity contribution in [1.29, 1.82) is 0 Å². The maximum absolute atomic E-state index is 3.57. The molecule has 1 aliphatic heterocycles. The van der Waals surface area contributed by atoms with E-state index in [1.165, 1.54) is 49.0 Å². The maximum Gasteiger partial charge on any atom is 0.0233 e. The molecule has 0 aliphatic carbocycles. The summed E-state index contributed by atoms with van der Waals surface area (Å²) >= 11 is 0. The molecular formula is C16H26N2. The van der Waals surface area contributed by atoms with E-state index in [-0.39, 0.29) is 0 Å². The molecule has 100 valence electrons. The van der Waals surface area contributed by atoms with Gasteiger partial charge in [0.25, 0.3) is 0 Å². The van der Waals surface area contributed by atoms with E-state index in [1.54, 1.807) is 0 Å². The molecule has 1 unspecified atom stereocenters. The van der Waals surface area contributed by atoms with Crippen molar-refractivity contribution in [1.82, 2.24) is 10.2 Å². The highest BCUT2D eigenvalue weighted by Crippen LogP contribution is 2.14. The third-order valence-electron chi connectivity index (χ3n) is 3.96. The summed E-state index contributed by atoms with van der Waals surface area (Å²) in [6.45, 7) is 7.84. The standard InChI is InChI=1S/C16H26N2/c1-13-6-7-15(14(2)11-13)12-18(3)10-8-16-5-4-9-17-16/h6-7,11,16-17H,4-5,8-10,12H2,1-3H3. The van der Waals surface area contributed by atoms with Crippen LogP contribution >= 0.6 is 0 Å². The van der Waals surface area contributed by atoms with E-state index in [0.717, 1.165) is 12.6 Å². The molecule has 2 nitrogen and oxygen atoms in total. The molecule has 0 aromatic heterocycles. The van der Waals surface area contributed by atoms with E-state index in [0.29, 0.717) is 0 Å². The summed E-state index contributed by atoms with van der Waals surface area (Å²) < 4.78 is 0. The molecular weight excluding hydrogens is 220 g/mol. The zero-order chi connectivity index (χ0) is 13.0. The highest BCUT2D eigenvalue weighted by molar-refractivity contribution is 5.30. The maximum atomic E-state index is 3.57. The summed E-state index contributed by atoms with van der Waals surface area (Å²) in [6, 6.07) is 7.53. The quantitative estimate of drug-likeness (QED) is 0.859. The van der Waals surface area contributed by atoms with E-state index in [2.05, 4.69) is 49.3 Å². The zero-order valence-corrected chi connectivity index (χ0v) is 12.0. The van der Waals surface area contributed by atoms with Crippen LogP contribution in [0.5, 0.6) is 0 Å². The van der Waals surface area contributed by atoms with Gasteiger partial charge in [-0.05, 0) is 64.4 Å². The lowest BCUT2D eigenvalue weighted by molar-refractivity contribution is 0.305. The summed E-state index contributed by atoms with van der Waals surface area (Å²) in [6.07, 6.45) is 3.99. The summed E-state index contributed by atoms with van der Waals surface area (Å²) in [5.41, 5.74) is 4.23. The third kappa shape index (κ3) is 3.82. The highest BCUT2D eigenvalue weighted by atomic mass is 15.1. The predicted octanol–water partition coefficient (Wildman–Crippen LogP) is 2.88. The first-order valence-electron chi connectivity index (χ1n) is 7.13. The van der Waals surface area contributed by atoms with Crippen molar-refractivity contribution in [2.24, 2.45) is 0 Å². The molecule has 2 rings (SSSR count). The Morgan fingerprint density at radius 2 is 2.17 bits per heavy atom. The second-order valence-corrected chi connectivity index (χ2v) is 5.75. The molecule has 0 amide bonds. The molecule has 1 N–H and O–H groups in total. The molecule has 18 heavy (non-hydrogen) atoms. The van der Waals surface area contributed by atoms with Gasteiger partial charge in [-0.2, -0.15) is 0 Å². The van der Waals surface area contributed by atoms with E-state index in [9.17, 15) is 0 Å². The normalized spacial score (nSPS) is 19.7. The van der Waals surface area contributed by atoms with Crippen LogP contribution in [-0.2, 0) is 6.54 Å². The molecule has 1 aromatic rings. The lowest BCUT2D eigenvalue weighted by Gasteiger charge is -2.20. The first-order chi connectivity index (χ1) is 8.65. The molecule has 1 aliphatic rings. The average Bonchev–Trinajstić information content (AvgIpc) is 2.83. The van der Waals surface area contributed by atoms with E-state index < -0.39 is 0 Å². The second kappa shape index (κ2) is 6.35. The number of rotatable bonds is 5. The van der Waals surface area contributed by atoms with Gasteiger partial charge in [-0.1, -0.05) is 23.8 Å². The number of nitrogens with zero attached hydrogens (tertiary/aromatic N) is 1. The Morgan fingerprint density at radius 3 is 2.83 bits per heavy atom. The third-order valence-corrected chi connectivity index (χ3v) is 3.96. The Morgan fingerprint density at radius 1 is 1.33 bits per heavy atom. The van der Waals surface area contributed by atoms with Gasteiger partial charge in [-0.15, -0.1) is 0 Å². The Balaban J connectivity index is 1.80. The minimum absolute atomic E-state index is 0.756. The largest absolute Gasteiger partial charge is 0.314 e. The smallest absolute Gasteiger partial charge is 0.0233 e. The van der Waals surface area contributed by atoms with Crippen LogP contribution in [0, 0.1) is 13.8 Å². The first-order valence-corrected chi connectivity index (χ1v) is 7.13. The fourth-order valence-electron chi connectivity index (χ4n) is 2.77. The molecule has 1 heterocycles. The lowest BCUT2D eigenvalue weighted by atomic mass is 10.1. The molecule has 0 saturated carbocycles. The average molecular weight is 246 g/mol. The number of aryl methyl sites for hydroxylation is 2. The number of benzene rings is 1. The number of hydrogen-bond donors (Lipinski definition) is 1. The van der Waals surface area contributed by atoms with Gasteiger partial charge < -0.3 is 10.2 Å². The lowest BCUT2D eigenvalue weighted by Crippen LogP contribution is -2.28. The van der Waals surface area contributed by atoms with Crippen LogP contribution in [0.3, 0.4) is 0 Å². The fourth-order valence-corrected chi connectivity index (χ4v) is 2.77.